The molecule has 0 saturated heterocycles. The number of aromatic nitrogens is 2. The Kier molecular flexibility index (Phi) is 8.00. The van der Waals surface area contributed by atoms with Crippen molar-refractivity contribution in [2.24, 2.45) is 5.10 Å². The van der Waals surface area contributed by atoms with Crippen LogP contribution in [-0.2, 0) is 4.79 Å². The summed E-state index contributed by atoms with van der Waals surface area (Å²) >= 11 is 0. The fourth-order valence-electron chi connectivity index (χ4n) is 3.49. The van der Waals surface area contributed by atoms with Crippen molar-refractivity contribution in [3.63, 3.8) is 0 Å². The number of hydrogen-bond donors (Lipinski definition) is 1. The minimum atomic E-state index is -0.833. The fourth-order valence-corrected chi connectivity index (χ4v) is 3.49. The lowest BCUT2D eigenvalue weighted by molar-refractivity contribution is -0.386. The second kappa shape index (κ2) is 11.1. The van der Waals surface area contributed by atoms with Crippen molar-refractivity contribution in [1.29, 1.82) is 0 Å². The SMILES string of the molecule is COc1cc(/C=N/NC(=O)C(C)n2nc(C)c([N+](=O)[O-])c2C)ccc1OC(=O)c1ccccc1OC. The number of amides is 1. The van der Waals surface area contributed by atoms with E-state index in [9.17, 15) is 19.7 Å². The molecule has 188 valence electrons. The summed E-state index contributed by atoms with van der Waals surface area (Å²) in [6.07, 6.45) is 1.38. The second-order valence-electron chi connectivity index (χ2n) is 7.63. The van der Waals surface area contributed by atoms with Gasteiger partial charge in [0.2, 0.25) is 0 Å². The number of nitro groups is 1. The van der Waals surface area contributed by atoms with Crippen LogP contribution in [0.3, 0.4) is 0 Å². The molecule has 1 N–H and O–H groups in total. The molecule has 12 heteroatoms. The number of hydrogen-bond acceptors (Lipinski definition) is 9. The summed E-state index contributed by atoms with van der Waals surface area (Å²) in [6, 6.07) is 10.6. The van der Waals surface area contributed by atoms with E-state index in [1.54, 1.807) is 43.3 Å². The minimum absolute atomic E-state index is 0.128. The molecule has 36 heavy (non-hydrogen) atoms. The lowest BCUT2D eigenvalue weighted by atomic mass is 10.2. The molecule has 3 aromatic rings. The molecular formula is C24H25N5O7. The third-order valence-electron chi connectivity index (χ3n) is 5.32. The third kappa shape index (κ3) is 5.49. The van der Waals surface area contributed by atoms with E-state index in [0.717, 1.165) is 0 Å². The highest BCUT2D eigenvalue weighted by atomic mass is 16.6. The average Bonchev–Trinajstić information content (AvgIpc) is 3.17. The van der Waals surface area contributed by atoms with Gasteiger partial charge in [-0.3, -0.25) is 19.6 Å². The van der Waals surface area contributed by atoms with E-state index in [2.05, 4.69) is 15.6 Å². The van der Waals surface area contributed by atoms with Gasteiger partial charge < -0.3 is 14.2 Å². The fraction of sp³-hybridized carbons (Fsp3) is 0.250. The molecule has 1 aromatic heterocycles. The molecule has 3 rings (SSSR count). The van der Waals surface area contributed by atoms with Gasteiger partial charge in [-0.05, 0) is 56.7 Å². The van der Waals surface area contributed by atoms with Gasteiger partial charge in [0, 0.05) is 0 Å². The van der Waals surface area contributed by atoms with E-state index < -0.39 is 22.8 Å². The molecule has 0 spiro atoms. The summed E-state index contributed by atoms with van der Waals surface area (Å²) in [7, 11) is 2.88. The van der Waals surface area contributed by atoms with Gasteiger partial charge in [0.15, 0.2) is 11.5 Å². The molecule has 0 aliphatic rings. The molecule has 0 aliphatic heterocycles. The summed E-state index contributed by atoms with van der Waals surface area (Å²) in [5, 5.41) is 19.2. The molecule has 1 amide bonds. The van der Waals surface area contributed by atoms with E-state index in [1.165, 1.54) is 45.0 Å². The Balaban J connectivity index is 1.69. The normalized spacial score (nSPS) is 11.7. The Labute approximate surface area is 206 Å². The van der Waals surface area contributed by atoms with Gasteiger partial charge in [-0.2, -0.15) is 10.2 Å². The highest BCUT2D eigenvalue weighted by molar-refractivity contribution is 5.94. The number of esters is 1. The highest BCUT2D eigenvalue weighted by Crippen LogP contribution is 2.30. The Morgan fingerprint density at radius 3 is 2.44 bits per heavy atom. The largest absolute Gasteiger partial charge is 0.496 e. The number of methoxy groups -OCH3 is 2. The van der Waals surface area contributed by atoms with Crippen LogP contribution >= 0.6 is 0 Å². The van der Waals surface area contributed by atoms with Crippen LogP contribution in [0.4, 0.5) is 5.69 Å². The Hall–Kier alpha value is -4.74. The van der Waals surface area contributed by atoms with Crippen molar-refractivity contribution in [3.05, 3.63) is 75.1 Å². The molecule has 2 aromatic carbocycles. The first kappa shape index (κ1) is 25.9. The van der Waals surface area contributed by atoms with Gasteiger partial charge >= 0.3 is 11.7 Å². The molecule has 1 atom stereocenters. The van der Waals surface area contributed by atoms with Gasteiger partial charge in [0.05, 0.1) is 25.4 Å². The van der Waals surface area contributed by atoms with Gasteiger partial charge in [0.1, 0.15) is 28.7 Å². The first-order chi connectivity index (χ1) is 17.2. The number of carbonyl (C=O) groups is 2. The molecule has 0 fully saturated rings. The highest BCUT2D eigenvalue weighted by Gasteiger charge is 2.27. The maximum atomic E-state index is 12.6. The van der Waals surface area contributed by atoms with E-state index in [1.807, 2.05) is 0 Å². The molecule has 0 saturated carbocycles. The minimum Gasteiger partial charge on any atom is -0.496 e. The number of benzene rings is 2. The van der Waals surface area contributed by atoms with Crippen molar-refractivity contribution < 1.29 is 28.7 Å². The zero-order valence-electron chi connectivity index (χ0n) is 20.3. The van der Waals surface area contributed by atoms with Gasteiger partial charge in [0.25, 0.3) is 5.91 Å². The summed E-state index contributed by atoms with van der Waals surface area (Å²) in [5.74, 6) is -0.282. The van der Waals surface area contributed by atoms with Gasteiger partial charge in [-0.15, -0.1) is 0 Å². The third-order valence-corrected chi connectivity index (χ3v) is 5.32. The summed E-state index contributed by atoms with van der Waals surface area (Å²) in [6.45, 7) is 4.59. The number of para-hydroxylation sites is 1. The van der Waals surface area contributed by atoms with E-state index in [-0.39, 0.29) is 34.1 Å². The maximum absolute atomic E-state index is 12.6. The first-order valence-electron chi connectivity index (χ1n) is 10.7. The zero-order valence-corrected chi connectivity index (χ0v) is 20.3. The van der Waals surface area contributed by atoms with Crippen LogP contribution in [0.5, 0.6) is 17.2 Å². The Morgan fingerprint density at radius 2 is 1.81 bits per heavy atom. The summed E-state index contributed by atoms with van der Waals surface area (Å²) < 4.78 is 17.3. The Bertz CT molecular complexity index is 1330. The number of rotatable bonds is 9. The average molecular weight is 495 g/mol. The zero-order chi connectivity index (χ0) is 26.4. The monoisotopic (exact) mass is 495 g/mol. The second-order valence-corrected chi connectivity index (χ2v) is 7.63. The van der Waals surface area contributed by atoms with Crippen molar-refractivity contribution in [2.45, 2.75) is 26.8 Å². The number of hydrazone groups is 1. The molecule has 1 unspecified atom stereocenters. The smallest absolute Gasteiger partial charge is 0.347 e. The molecule has 1 heterocycles. The van der Waals surface area contributed by atoms with Crippen LogP contribution in [0.2, 0.25) is 0 Å². The number of carbonyl (C=O) groups excluding carboxylic acids is 2. The number of nitrogens with zero attached hydrogens (tertiary/aromatic N) is 4. The Morgan fingerprint density at radius 1 is 1.11 bits per heavy atom. The van der Waals surface area contributed by atoms with E-state index >= 15 is 0 Å². The van der Waals surface area contributed by atoms with Crippen LogP contribution in [0, 0.1) is 24.0 Å². The number of nitrogens with one attached hydrogen (secondary N) is 1. The van der Waals surface area contributed by atoms with Crippen molar-refractivity contribution in [2.75, 3.05) is 14.2 Å². The summed E-state index contributed by atoms with van der Waals surface area (Å²) in [5.41, 5.74) is 3.57. The predicted molar refractivity (Wildman–Crippen MR) is 130 cm³/mol. The molecule has 0 radical (unpaired) electrons. The van der Waals surface area contributed by atoms with Crippen LogP contribution < -0.4 is 19.6 Å². The topological polar surface area (TPSA) is 147 Å². The molecule has 0 aliphatic carbocycles. The number of aryl methyl sites for hydroxylation is 1. The van der Waals surface area contributed by atoms with Crippen molar-refractivity contribution in [1.82, 2.24) is 15.2 Å². The van der Waals surface area contributed by atoms with E-state index in [0.29, 0.717) is 11.3 Å². The van der Waals surface area contributed by atoms with Gasteiger partial charge in [-0.25, -0.2) is 10.2 Å². The van der Waals surface area contributed by atoms with Gasteiger partial charge in [-0.1, -0.05) is 12.1 Å². The molecule has 0 bridgehead atoms. The lowest BCUT2D eigenvalue weighted by Crippen LogP contribution is -2.28. The molecule has 12 nitrogen and oxygen atoms in total. The standard InChI is InChI=1S/C24H25N5O7/c1-14-22(29(32)33)15(2)28(27-14)16(3)23(30)26-25-13-17-10-11-20(21(12-17)35-5)36-24(31)18-8-6-7-9-19(18)34-4/h6-13,16H,1-5H3,(H,26,30)/b25-13+. The number of ether oxygens (including phenoxy) is 3. The lowest BCUT2D eigenvalue weighted by Gasteiger charge is -2.12. The quantitative estimate of drug-likeness (QED) is 0.156. The van der Waals surface area contributed by atoms with Crippen LogP contribution in [0.25, 0.3) is 0 Å². The molecular weight excluding hydrogens is 470 g/mol. The van der Waals surface area contributed by atoms with Crippen LogP contribution in [0.15, 0.2) is 47.6 Å². The summed E-state index contributed by atoms with van der Waals surface area (Å²) in [4.78, 5) is 35.8. The van der Waals surface area contributed by atoms with Crippen LogP contribution in [-0.4, -0.2) is 47.0 Å². The van der Waals surface area contributed by atoms with Crippen molar-refractivity contribution in [3.8, 4) is 17.2 Å². The maximum Gasteiger partial charge on any atom is 0.347 e. The first-order valence-corrected chi connectivity index (χ1v) is 10.7. The van der Waals surface area contributed by atoms with E-state index in [4.69, 9.17) is 14.2 Å². The predicted octanol–water partition coefficient (Wildman–Crippen LogP) is 3.36. The van der Waals surface area contributed by atoms with Crippen molar-refractivity contribution >= 4 is 23.8 Å². The van der Waals surface area contributed by atoms with Crippen LogP contribution in [0.1, 0.15) is 40.3 Å².